The minimum atomic E-state index is -0.530. The number of amides is 1. The van der Waals surface area contributed by atoms with Gasteiger partial charge >= 0.3 is 12.1 Å². The first-order valence-electron chi connectivity index (χ1n) is 5.30. The van der Waals surface area contributed by atoms with Gasteiger partial charge in [-0.3, -0.25) is 4.90 Å². The third-order valence-corrected chi connectivity index (χ3v) is 1.99. The quantitative estimate of drug-likeness (QED) is 0.655. The van der Waals surface area contributed by atoms with Crippen LogP contribution in [0.1, 0.15) is 20.8 Å². The zero-order valence-corrected chi connectivity index (χ0v) is 10.5. The van der Waals surface area contributed by atoms with Crippen LogP contribution in [0.4, 0.5) is 4.79 Å². The highest BCUT2D eigenvalue weighted by Gasteiger charge is 2.22. The lowest BCUT2D eigenvalue weighted by atomic mass is 10.2. The Kier molecular flexibility index (Phi) is 3.93. The van der Waals surface area contributed by atoms with Gasteiger partial charge in [-0.25, -0.2) is 9.59 Å². The normalized spacial score (nSPS) is 15.3. The van der Waals surface area contributed by atoms with Crippen molar-refractivity contribution in [3.05, 3.63) is 23.9 Å². The number of carbonyl (C=O) groups is 2. The molecule has 0 aromatic carbocycles. The Morgan fingerprint density at radius 1 is 1.35 bits per heavy atom. The maximum Gasteiger partial charge on any atom is 0.414 e. The smallest absolute Gasteiger partial charge is 0.414 e. The molecule has 1 rings (SSSR count). The maximum absolute atomic E-state index is 11.7. The molecule has 0 N–H and O–H groups in total. The zero-order valence-electron chi connectivity index (χ0n) is 10.5. The van der Waals surface area contributed by atoms with Crippen LogP contribution in [0.2, 0.25) is 0 Å². The first-order chi connectivity index (χ1) is 7.83. The third kappa shape index (κ3) is 3.94. The van der Waals surface area contributed by atoms with Gasteiger partial charge in [0, 0.05) is 12.7 Å². The Hall–Kier alpha value is -1.78. The van der Waals surface area contributed by atoms with Crippen molar-refractivity contribution >= 4 is 12.1 Å². The monoisotopic (exact) mass is 239 g/mol. The summed E-state index contributed by atoms with van der Waals surface area (Å²) in [6.07, 6.45) is 4.23. The lowest BCUT2D eigenvalue weighted by molar-refractivity contribution is -0.135. The summed E-state index contributed by atoms with van der Waals surface area (Å²) in [4.78, 5) is 24.2. The molecule has 17 heavy (non-hydrogen) atoms. The van der Waals surface area contributed by atoms with Gasteiger partial charge in [-0.05, 0) is 26.8 Å². The summed E-state index contributed by atoms with van der Waals surface area (Å²) in [5.74, 6) is -0.412. The lowest BCUT2D eigenvalue weighted by Gasteiger charge is -2.25. The standard InChI is InChI=1S/C12H17NO4/c1-12(2,3)17-11(15)13-7-5-9(6-8-13)10(14)16-4/h5-7H,8H2,1-4H3. The Bertz CT molecular complexity index is 376. The molecule has 0 saturated heterocycles. The van der Waals surface area contributed by atoms with E-state index in [1.165, 1.54) is 24.3 Å². The minimum Gasteiger partial charge on any atom is -0.465 e. The van der Waals surface area contributed by atoms with E-state index in [0.29, 0.717) is 12.1 Å². The fraction of sp³-hybridized carbons (Fsp3) is 0.500. The van der Waals surface area contributed by atoms with Crippen molar-refractivity contribution in [1.82, 2.24) is 4.90 Å². The van der Waals surface area contributed by atoms with Crippen LogP contribution in [-0.4, -0.2) is 36.2 Å². The van der Waals surface area contributed by atoms with Crippen LogP contribution in [0.15, 0.2) is 23.9 Å². The fourth-order valence-corrected chi connectivity index (χ4v) is 1.22. The topological polar surface area (TPSA) is 55.8 Å². The molecule has 0 spiro atoms. The Morgan fingerprint density at radius 2 is 2.00 bits per heavy atom. The molecule has 1 aliphatic rings. The maximum atomic E-state index is 11.7. The second kappa shape index (κ2) is 5.03. The third-order valence-electron chi connectivity index (χ3n) is 1.99. The van der Waals surface area contributed by atoms with Crippen molar-refractivity contribution in [2.24, 2.45) is 0 Å². The summed E-state index contributed by atoms with van der Waals surface area (Å²) in [6, 6.07) is 0. The SMILES string of the molecule is COC(=O)C1=CCN(C(=O)OC(C)(C)C)C=C1. The number of hydrogen-bond acceptors (Lipinski definition) is 4. The van der Waals surface area contributed by atoms with Gasteiger partial charge in [0.05, 0.1) is 12.7 Å². The molecule has 0 saturated carbocycles. The predicted octanol–water partition coefficient (Wildman–Crippen LogP) is 1.85. The molecule has 1 aliphatic heterocycles. The number of hydrogen-bond donors (Lipinski definition) is 0. The Labute approximate surface area is 101 Å². The molecule has 94 valence electrons. The van der Waals surface area contributed by atoms with Crippen LogP contribution >= 0.6 is 0 Å². The van der Waals surface area contributed by atoms with Crippen molar-refractivity contribution in [2.75, 3.05) is 13.7 Å². The number of ether oxygens (including phenoxy) is 2. The van der Waals surface area contributed by atoms with Gasteiger partial charge in [0.1, 0.15) is 5.60 Å². The Balaban J connectivity index is 2.59. The summed E-state index contributed by atoms with van der Waals surface area (Å²) in [7, 11) is 1.32. The number of methoxy groups -OCH3 is 1. The molecule has 0 aromatic rings. The molecule has 5 nitrogen and oxygen atoms in total. The first kappa shape index (κ1) is 13.3. The highest BCUT2D eigenvalue weighted by atomic mass is 16.6. The summed E-state index contributed by atoms with van der Waals surface area (Å²) in [6.45, 7) is 5.70. The second-order valence-corrected chi connectivity index (χ2v) is 4.60. The van der Waals surface area contributed by atoms with Crippen LogP contribution in [0.3, 0.4) is 0 Å². The molecular formula is C12H17NO4. The van der Waals surface area contributed by atoms with Gasteiger partial charge in [-0.15, -0.1) is 0 Å². The highest BCUT2D eigenvalue weighted by molar-refractivity contribution is 5.92. The average molecular weight is 239 g/mol. The van der Waals surface area contributed by atoms with E-state index in [4.69, 9.17) is 4.74 Å². The highest BCUT2D eigenvalue weighted by Crippen LogP contribution is 2.14. The van der Waals surface area contributed by atoms with E-state index >= 15 is 0 Å². The molecule has 5 heteroatoms. The van der Waals surface area contributed by atoms with E-state index in [1.54, 1.807) is 26.8 Å². The van der Waals surface area contributed by atoms with Gasteiger partial charge in [-0.2, -0.15) is 0 Å². The summed E-state index contributed by atoms with van der Waals surface area (Å²) in [5.41, 5.74) is -0.0932. The number of carbonyl (C=O) groups excluding carboxylic acids is 2. The van der Waals surface area contributed by atoms with E-state index in [1.807, 2.05) is 0 Å². The minimum absolute atomic E-state index is 0.301. The van der Waals surface area contributed by atoms with Gasteiger partial charge in [0.25, 0.3) is 0 Å². The second-order valence-electron chi connectivity index (χ2n) is 4.60. The van der Waals surface area contributed by atoms with Gasteiger partial charge in [-0.1, -0.05) is 6.08 Å². The molecule has 0 atom stereocenters. The molecule has 1 amide bonds. The first-order valence-corrected chi connectivity index (χ1v) is 5.30. The van der Waals surface area contributed by atoms with Gasteiger partial charge in [0.2, 0.25) is 0 Å². The molecule has 0 unspecified atom stereocenters. The fourth-order valence-electron chi connectivity index (χ4n) is 1.22. The summed E-state index contributed by atoms with van der Waals surface area (Å²) < 4.78 is 9.76. The predicted molar refractivity (Wildman–Crippen MR) is 62.2 cm³/mol. The van der Waals surface area contributed by atoms with Crippen LogP contribution in [0.25, 0.3) is 0 Å². The van der Waals surface area contributed by atoms with E-state index < -0.39 is 17.7 Å². The molecule has 0 aliphatic carbocycles. The average Bonchev–Trinajstić information content (AvgIpc) is 2.26. The van der Waals surface area contributed by atoms with E-state index in [2.05, 4.69) is 4.74 Å². The molecule has 0 aromatic heterocycles. The lowest BCUT2D eigenvalue weighted by Crippen LogP contribution is -2.34. The largest absolute Gasteiger partial charge is 0.465 e. The summed E-state index contributed by atoms with van der Waals surface area (Å²) >= 11 is 0. The Morgan fingerprint density at radius 3 is 2.41 bits per heavy atom. The van der Waals surface area contributed by atoms with E-state index in [-0.39, 0.29) is 0 Å². The number of esters is 1. The van der Waals surface area contributed by atoms with Crippen molar-refractivity contribution in [2.45, 2.75) is 26.4 Å². The van der Waals surface area contributed by atoms with Crippen molar-refractivity contribution in [1.29, 1.82) is 0 Å². The van der Waals surface area contributed by atoms with Crippen molar-refractivity contribution < 1.29 is 19.1 Å². The molecule has 0 bridgehead atoms. The molecular weight excluding hydrogens is 222 g/mol. The van der Waals surface area contributed by atoms with E-state index in [0.717, 1.165) is 0 Å². The van der Waals surface area contributed by atoms with Crippen LogP contribution in [0.5, 0.6) is 0 Å². The number of rotatable bonds is 1. The molecule has 0 radical (unpaired) electrons. The van der Waals surface area contributed by atoms with Crippen LogP contribution in [0, 0.1) is 0 Å². The van der Waals surface area contributed by atoms with Crippen LogP contribution < -0.4 is 0 Å². The summed E-state index contributed by atoms with van der Waals surface area (Å²) in [5, 5.41) is 0. The van der Waals surface area contributed by atoms with E-state index in [9.17, 15) is 9.59 Å². The number of nitrogens with zero attached hydrogens (tertiary/aromatic N) is 1. The van der Waals surface area contributed by atoms with Crippen molar-refractivity contribution in [3.63, 3.8) is 0 Å². The van der Waals surface area contributed by atoms with Crippen LogP contribution in [-0.2, 0) is 14.3 Å². The molecule has 0 fully saturated rings. The van der Waals surface area contributed by atoms with Crippen molar-refractivity contribution in [3.8, 4) is 0 Å². The zero-order chi connectivity index (χ0) is 13.1. The van der Waals surface area contributed by atoms with Gasteiger partial charge in [0.15, 0.2) is 0 Å². The molecule has 1 heterocycles. The van der Waals surface area contributed by atoms with Gasteiger partial charge < -0.3 is 9.47 Å².